The first kappa shape index (κ1) is 21.8. The molecule has 1 aromatic carbocycles. The van der Waals surface area contributed by atoms with Crippen LogP contribution in [0.15, 0.2) is 59.5 Å². The van der Waals surface area contributed by atoms with Gasteiger partial charge in [0.05, 0.1) is 24.8 Å². The van der Waals surface area contributed by atoms with Crippen LogP contribution in [0, 0.1) is 0 Å². The molecule has 0 aliphatic carbocycles. The summed E-state index contributed by atoms with van der Waals surface area (Å²) in [5.74, 6) is 0.0611. The van der Waals surface area contributed by atoms with Gasteiger partial charge >= 0.3 is 5.97 Å². The summed E-state index contributed by atoms with van der Waals surface area (Å²) in [6, 6.07) is 13.0. The van der Waals surface area contributed by atoms with Gasteiger partial charge in [-0.3, -0.25) is 14.1 Å². The van der Waals surface area contributed by atoms with Crippen LogP contribution in [0.2, 0.25) is 0 Å². The molecule has 3 aromatic rings. The highest BCUT2D eigenvalue weighted by molar-refractivity contribution is 5.91. The predicted molar refractivity (Wildman–Crippen MR) is 113 cm³/mol. The van der Waals surface area contributed by atoms with Gasteiger partial charge in [0.2, 0.25) is 5.88 Å². The first-order valence-electron chi connectivity index (χ1n) is 9.43. The number of ether oxygens (including phenoxy) is 3. The lowest BCUT2D eigenvalue weighted by molar-refractivity contribution is 0.0322. The second-order valence-electron chi connectivity index (χ2n) is 6.58. The van der Waals surface area contributed by atoms with E-state index in [2.05, 4.69) is 9.88 Å². The standard InChI is InChI=1S/C21H21N3O5.ClH/c25-20-15-19(22-18-3-1-2-8-24(18)20)29-21(26)16-4-6-17(7-5-16)28-14-11-23-9-12-27-13-10-23;/h1-8,15H,9-14H2;1H. The molecule has 0 N–H and O–H groups in total. The number of fused-ring (bicyclic) bond motifs is 1. The molecule has 158 valence electrons. The summed E-state index contributed by atoms with van der Waals surface area (Å²) in [5, 5.41) is 0. The van der Waals surface area contributed by atoms with Crippen LogP contribution in [0.3, 0.4) is 0 Å². The van der Waals surface area contributed by atoms with Crippen molar-refractivity contribution in [2.75, 3.05) is 39.5 Å². The molecule has 2 aromatic heterocycles. The third-order valence-electron chi connectivity index (χ3n) is 4.61. The van der Waals surface area contributed by atoms with Crippen molar-refractivity contribution in [3.63, 3.8) is 0 Å². The van der Waals surface area contributed by atoms with Crippen molar-refractivity contribution in [2.24, 2.45) is 0 Å². The third kappa shape index (κ3) is 5.35. The fourth-order valence-corrected chi connectivity index (χ4v) is 3.04. The molecule has 8 nitrogen and oxygen atoms in total. The van der Waals surface area contributed by atoms with Crippen LogP contribution in [-0.2, 0) is 4.74 Å². The lowest BCUT2D eigenvalue weighted by atomic mass is 10.2. The first-order valence-corrected chi connectivity index (χ1v) is 9.43. The van der Waals surface area contributed by atoms with Gasteiger partial charge in [-0.2, -0.15) is 4.98 Å². The quantitative estimate of drug-likeness (QED) is 0.552. The second-order valence-corrected chi connectivity index (χ2v) is 6.58. The molecular weight excluding hydrogens is 410 g/mol. The van der Waals surface area contributed by atoms with Gasteiger partial charge in [-0.05, 0) is 36.4 Å². The summed E-state index contributed by atoms with van der Waals surface area (Å²) >= 11 is 0. The van der Waals surface area contributed by atoms with E-state index in [9.17, 15) is 9.59 Å². The Bertz CT molecular complexity index is 1050. The zero-order chi connectivity index (χ0) is 20.1. The average Bonchev–Trinajstić information content (AvgIpc) is 2.75. The highest BCUT2D eigenvalue weighted by atomic mass is 35.5. The van der Waals surface area contributed by atoms with Gasteiger partial charge in [0.25, 0.3) is 5.56 Å². The van der Waals surface area contributed by atoms with E-state index in [-0.39, 0.29) is 23.8 Å². The summed E-state index contributed by atoms with van der Waals surface area (Å²) in [5.41, 5.74) is 0.440. The maximum absolute atomic E-state index is 12.4. The van der Waals surface area contributed by atoms with Gasteiger partial charge in [0.15, 0.2) is 0 Å². The van der Waals surface area contributed by atoms with Gasteiger partial charge in [-0.1, -0.05) is 6.07 Å². The Morgan fingerprint density at radius 1 is 1.10 bits per heavy atom. The monoisotopic (exact) mass is 431 g/mol. The van der Waals surface area contributed by atoms with E-state index in [1.54, 1.807) is 48.7 Å². The number of halogens is 1. The Labute approximate surface area is 179 Å². The fraction of sp³-hybridized carbons (Fsp3) is 0.286. The molecule has 0 bridgehead atoms. The number of rotatable bonds is 6. The molecule has 0 unspecified atom stereocenters. The van der Waals surface area contributed by atoms with Crippen molar-refractivity contribution < 1.29 is 19.0 Å². The van der Waals surface area contributed by atoms with E-state index in [1.807, 2.05) is 0 Å². The van der Waals surface area contributed by atoms with E-state index in [1.165, 1.54) is 10.5 Å². The Morgan fingerprint density at radius 3 is 2.63 bits per heavy atom. The van der Waals surface area contributed by atoms with E-state index < -0.39 is 5.97 Å². The summed E-state index contributed by atoms with van der Waals surface area (Å²) in [7, 11) is 0. The number of carbonyl (C=O) groups excluding carboxylic acids is 1. The predicted octanol–water partition coefficient (Wildman–Crippen LogP) is 2.05. The number of benzene rings is 1. The largest absolute Gasteiger partial charge is 0.492 e. The molecule has 1 fully saturated rings. The molecule has 0 radical (unpaired) electrons. The van der Waals surface area contributed by atoms with Crippen molar-refractivity contribution in [1.82, 2.24) is 14.3 Å². The number of esters is 1. The van der Waals surface area contributed by atoms with Crippen molar-refractivity contribution >= 4 is 24.0 Å². The second kappa shape index (κ2) is 10.2. The zero-order valence-electron chi connectivity index (χ0n) is 16.2. The Morgan fingerprint density at radius 2 is 1.87 bits per heavy atom. The number of nitrogens with zero attached hydrogens (tertiary/aromatic N) is 3. The van der Waals surface area contributed by atoms with Crippen LogP contribution in [-0.4, -0.2) is 59.7 Å². The average molecular weight is 432 g/mol. The number of hydrogen-bond acceptors (Lipinski definition) is 7. The minimum absolute atomic E-state index is 0. The van der Waals surface area contributed by atoms with E-state index >= 15 is 0 Å². The summed E-state index contributed by atoms with van der Waals surface area (Å²) < 4.78 is 17.7. The maximum atomic E-state index is 12.4. The van der Waals surface area contributed by atoms with E-state index in [4.69, 9.17) is 14.2 Å². The van der Waals surface area contributed by atoms with E-state index in [0.717, 1.165) is 32.8 Å². The lowest BCUT2D eigenvalue weighted by Crippen LogP contribution is -2.38. The van der Waals surface area contributed by atoms with Crippen LogP contribution in [0.1, 0.15) is 10.4 Å². The SMILES string of the molecule is Cl.O=C(Oc1cc(=O)n2ccccc2n1)c1ccc(OCCN2CCOCC2)cc1. The Balaban J connectivity index is 0.00000256. The maximum Gasteiger partial charge on any atom is 0.344 e. The van der Waals surface area contributed by atoms with Crippen LogP contribution < -0.4 is 15.0 Å². The molecular formula is C21H22ClN3O5. The molecule has 0 saturated carbocycles. The van der Waals surface area contributed by atoms with Crippen LogP contribution in [0.4, 0.5) is 0 Å². The number of morpholine rings is 1. The fourth-order valence-electron chi connectivity index (χ4n) is 3.04. The molecule has 0 amide bonds. The topological polar surface area (TPSA) is 82.4 Å². The summed E-state index contributed by atoms with van der Waals surface area (Å²) in [6.45, 7) is 4.75. The highest BCUT2D eigenvalue weighted by Crippen LogP contribution is 2.15. The third-order valence-corrected chi connectivity index (χ3v) is 4.61. The van der Waals surface area contributed by atoms with Crippen molar-refractivity contribution in [2.45, 2.75) is 0 Å². The summed E-state index contributed by atoms with van der Waals surface area (Å²) in [4.78, 5) is 30.9. The number of hydrogen-bond donors (Lipinski definition) is 0. The van der Waals surface area contributed by atoms with E-state index in [0.29, 0.717) is 23.6 Å². The van der Waals surface area contributed by atoms with Crippen LogP contribution in [0.25, 0.3) is 5.65 Å². The molecule has 3 heterocycles. The molecule has 30 heavy (non-hydrogen) atoms. The Hall–Kier alpha value is -2.94. The molecule has 0 atom stereocenters. The van der Waals surface area contributed by atoms with Crippen molar-refractivity contribution in [1.29, 1.82) is 0 Å². The van der Waals surface area contributed by atoms with Gasteiger partial charge < -0.3 is 14.2 Å². The molecule has 0 spiro atoms. The molecule has 1 aliphatic rings. The van der Waals surface area contributed by atoms with Gasteiger partial charge in [0, 0.05) is 25.8 Å². The first-order chi connectivity index (χ1) is 14.2. The molecule has 9 heteroatoms. The number of carbonyl (C=O) groups is 1. The smallest absolute Gasteiger partial charge is 0.344 e. The summed E-state index contributed by atoms with van der Waals surface area (Å²) in [6.07, 6.45) is 1.61. The van der Waals surface area contributed by atoms with Crippen molar-refractivity contribution in [3.8, 4) is 11.6 Å². The zero-order valence-corrected chi connectivity index (χ0v) is 17.0. The number of pyridine rings is 1. The lowest BCUT2D eigenvalue weighted by Gasteiger charge is -2.26. The number of aromatic nitrogens is 2. The van der Waals surface area contributed by atoms with Gasteiger partial charge in [-0.15, -0.1) is 12.4 Å². The van der Waals surface area contributed by atoms with Gasteiger partial charge in [-0.25, -0.2) is 4.79 Å². The molecule has 4 rings (SSSR count). The minimum atomic E-state index is -0.586. The molecule has 1 aliphatic heterocycles. The van der Waals surface area contributed by atoms with Crippen LogP contribution >= 0.6 is 12.4 Å². The highest BCUT2D eigenvalue weighted by Gasteiger charge is 2.12. The Kier molecular flexibility index (Phi) is 7.40. The van der Waals surface area contributed by atoms with Crippen LogP contribution in [0.5, 0.6) is 11.6 Å². The molecule has 1 saturated heterocycles. The minimum Gasteiger partial charge on any atom is -0.492 e. The van der Waals surface area contributed by atoms with Crippen molar-refractivity contribution in [3.05, 3.63) is 70.6 Å². The van der Waals surface area contributed by atoms with Gasteiger partial charge in [0.1, 0.15) is 18.0 Å². The normalized spacial score (nSPS) is 14.1.